The van der Waals surface area contributed by atoms with Crippen molar-refractivity contribution in [3.05, 3.63) is 90.2 Å². The molecular weight excluding hydrogens is 511 g/mol. The number of nitrogens with zero attached hydrogens (tertiary/aromatic N) is 3. The summed E-state index contributed by atoms with van der Waals surface area (Å²) in [7, 11) is 2.97. The van der Waals surface area contributed by atoms with Crippen LogP contribution in [0.25, 0.3) is 16.9 Å². The first-order valence-electron chi connectivity index (χ1n) is 13.2. The number of unbranched alkanes of at least 4 members (excludes halogenated alkanes) is 2. The van der Waals surface area contributed by atoms with Gasteiger partial charge in [-0.2, -0.15) is 5.10 Å². The first-order valence-corrected chi connectivity index (χ1v) is 13.2. The SMILES string of the molecule is CCCCCN(CC(=O)Nc1cc(-c2ccccc2)nn1-c1ccc(F)cc1)C(=O)c1c(OC)cccc1OC. The highest BCUT2D eigenvalue weighted by Gasteiger charge is 2.26. The summed E-state index contributed by atoms with van der Waals surface area (Å²) in [6.45, 7) is 2.26. The number of hydrogen-bond acceptors (Lipinski definition) is 5. The van der Waals surface area contributed by atoms with Crippen LogP contribution in [0.1, 0.15) is 36.5 Å². The molecule has 40 heavy (non-hydrogen) atoms. The molecule has 3 aromatic carbocycles. The van der Waals surface area contributed by atoms with E-state index in [0.29, 0.717) is 35.2 Å². The molecule has 9 heteroatoms. The van der Waals surface area contributed by atoms with Crippen molar-refractivity contribution in [2.45, 2.75) is 26.2 Å². The van der Waals surface area contributed by atoms with Crippen LogP contribution in [0.3, 0.4) is 0 Å². The average molecular weight is 545 g/mol. The highest BCUT2D eigenvalue weighted by molar-refractivity contribution is 6.02. The van der Waals surface area contributed by atoms with E-state index >= 15 is 0 Å². The highest BCUT2D eigenvalue weighted by atomic mass is 19.1. The molecule has 1 heterocycles. The molecule has 0 radical (unpaired) electrons. The number of anilines is 1. The zero-order valence-corrected chi connectivity index (χ0v) is 22.9. The van der Waals surface area contributed by atoms with E-state index in [1.807, 2.05) is 30.3 Å². The van der Waals surface area contributed by atoms with Crippen LogP contribution in [0, 0.1) is 5.82 Å². The smallest absolute Gasteiger partial charge is 0.261 e. The Bertz CT molecular complexity index is 1420. The van der Waals surface area contributed by atoms with Gasteiger partial charge < -0.3 is 19.7 Å². The lowest BCUT2D eigenvalue weighted by molar-refractivity contribution is -0.117. The monoisotopic (exact) mass is 544 g/mol. The van der Waals surface area contributed by atoms with Gasteiger partial charge in [0.2, 0.25) is 5.91 Å². The Kier molecular flexibility index (Phi) is 9.51. The molecule has 0 aliphatic heterocycles. The number of ether oxygens (including phenoxy) is 2. The van der Waals surface area contributed by atoms with Crippen LogP contribution in [0.15, 0.2) is 78.9 Å². The lowest BCUT2D eigenvalue weighted by Crippen LogP contribution is -2.39. The topological polar surface area (TPSA) is 85.7 Å². The van der Waals surface area contributed by atoms with Crippen molar-refractivity contribution < 1.29 is 23.5 Å². The minimum atomic E-state index is -0.401. The summed E-state index contributed by atoms with van der Waals surface area (Å²) in [4.78, 5) is 28.6. The molecule has 208 valence electrons. The fraction of sp³-hybridized carbons (Fsp3) is 0.258. The van der Waals surface area contributed by atoms with E-state index in [0.717, 1.165) is 24.8 Å². The lowest BCUT2D eigenvalue weighted by Gasteiger charge is -2.24. The Morgan fingerprint density at radius 3 is 2.23 bits per heavy atom. The zero-order valence-electron chi connectivity index (χ0n) is 22.9. The van der Waals surface area contributed by atoms with E-state index in [9.17, 15) is 14.0 Å². The third kappa shape index (κ3) is 6.66. The molecule has 0 spiro atoms. The summed E-state index contributed by atoms with van der Waals surface area (Å²) in [6, 6.07) is 22.2. The van der Waals surface area contributed by atoms with Crippen LogP contribution in [0.4, 0.5) is 10.2 Å². The molecule has 8 nitrogen and oxygen atoms in total. The number of carbonyl (C=O) groups excluding carboxylic acids is 2. The minimum absolute atomic E-state index is 0.195. The van der Waals surface area contributed by atoms with Gasteiger partial charge in [0.25, 0.3) is 5.91 Å². The highest BCUT2D eigenvalue weighted by Crippen LogP contribution is 2.30. The summed E-state index contributed by atoms with van der Waals surface area (Å²) in [5, 5.41) is 7.58. The van der Waals surface area contributed by atoms with Crippen molar-refractivity contribution in [1.82, 2.24) is 14.7 Å². The fourth-order valence-corrected chi connectivity index (χ4v) is 4.38. The number of carbonyl (C=O) groups is 2. The molecular formula is C31H33FN4O4. The van der Waals surface area contributed by atoms with Crippen LogP contribution in [-0.4, -0.2) is 53.8 Å². The first kappa shape index (κ1) is 28.4. The van der Waals surface area contributed by atoms with Gasteiger partial charge in [0.15, 0.2) is 0 Å². The van der Waals surface area contributed by atoms with Gasteiger partial charge in [-0.25, -0.2) is 9.07 Å². The second-order valence-electron chi connectivity index (χ2n) is 9.19. The molecule has 0 atom stereocenters. The Hall–Kier alpha value is -4.66. The van der Waals surface area contributed by atoms with Gasteiger partial charge in [0.1, 0.15) is 35.2 Å². The molecule has 0 bridgehead atoms. The van der Waals surface area contributed by atoms with Crippen LogP contribution in [0.5, 0.6) is 11.5 Å². The van der Waals surface area contributed by atoms with Crippen molar-refractivity contribution in [3.63, 3.8) is 0 Å². The molecule has 1 aromatic heterocycles. The van der Waals surface area contributed by atoms with Crippen molar-refractivity contribution in [2.75, 3.05) is 32.6 Å². The van der Waals surface area contributed by atoms with E-state index in [-0.39, 0.29) is 23.8 Å². The molecule has 0 saturated heterocycles. The van der Waals surface area contributed by atoms with Crippen LogP contribution >= 0.6 is 0 Å². The average Bonchev–Trinajstić information content (AvgIpc) is 3.40. The summed E-state index contributed by atoms with van der Waals surface area (Å²) in [6.07, 6.45) is 2.61. The van der Waals surface area contributed by atoms with Gasteiger partial charge in [0, 0.05) is 18.2 Å². The van der Waals surface area contributed by atoms with Crippen LogP contribution in [0.2, 0.25) is 0 Å². The standard InChI is InChI=1S/C31H33FN4O4/c1-4-5-9-19-35(31(38)30-26(39-2)13-10-14-27(30)40-3)21-29(37)33-28-20-25(22-11-7-6-8-12-22)34-36(28)24-17-15-23(32)16-18-24/h6-8,10-18,20H,4-5,9,19,21H2,1-3H3,(H,33,37). The molecule has 0 saturated carbocycles. The van der Waals surface area contributed by atoms with Crippen molar-refractivity contribution in [2.24, 2.45) is 0 Å². The van der Waals surface area contributed by atoms with Crippen molar-refractivity contribution in [3.8, 4) is 28.4 Å². The Morgan fingerprint density at radius 2 is 1.60 bits per heavy atom. The van der Waals surface area contributed by atoms with Gasteiger partial charge in [-0.1, -0.05) is 56.2 Å². The van der Waals surface area contributed by atoms with Gasteiger partial charge >= 0.3 is 0 Å². The van der Waals surface area contributed by atoms with Gasteiger partial charge in [-0.05, 0) is 42.8 Å². The Labute approximate surface area is 233 Å². The van der Waals surface area contributed by atoms with Crippen LogP contribution < -0.4 is 14.8 Å². The van der Waals surface area contributed by atoms with E-state index in [2.05, 4.69) is 17.3 Å². The van der Waals surface area contributed by atoms with Gasteiger partial charge in [-0.15, -0.1) is 0 Å². The first-order chi connectivity index (χ1) is 19.4. The number of halogens is 1. The Balaban J connectivity index is 1.63. The predicted octanol–water partition coefficient (Wildman–Crippen LogP) is 5.97. The van der Waals surface area contributed by atoms with Gasteiger partial charge in [0.05, 0.1) is 25.6 Å². The summed E-state index contributed by atoms with van der Waals surface area (Å²) in [5.41, 5.74) is 2.33. The number of rotatable bonds is 12. The maximum atomic E-state index is 13.7. The molecule has 0 aliphatic carbocycles. The summed E-state index contributed by atoms with van der Waals surface area (Å²) in [5.74, 6) is -0.0116. The molecule has 4 rings (SSSR count). The molecule has 0 fully saturated rings. The molecule has 2 amide bonds. The summed E-state index contributed by atoms with van der Waals surface area (Å²) >= 11 is 0. The number of amides is 2. The lowest BCUT2D eigenvalue weighted by atomic mass is 10.1. The zero-order chi connectivity index (χ0) is 28.5. The number of hydrogen-bond donors (Lipinski definition) is 1. The molecule has 4 aromatic rings. The number of aromatic nitrogens is 2. The van der Waals surface area contributed by atoms with Gasteiger partial charge in [-0.3, -0.25) is 9.59 Å². The van der Waals surface area contributed by atoms with Crippen molar-refractivity contribution in [1.29, 1.82) is 0 Å². The van der Waals surface area contributed by atoms with E-state index in [4.69, 9.17) is 9.47 Å². The predicted molar refractivity (Wildman–Crippen MR) is 153 cm³/mol. The van der Waals surface area contributed by atoms with Crippen molar-refractivity contribution >= 4 is 17.6 Å². The largest absolute Gasteiger partial charge is 0.496 e. The third-order valence-corrected chi connectivity index (χ3v) is 6.41. The number of benzene rings is 3. The minimum Gasteiger partial charge on any atom is -0.496 e. The summed E-state index contributed by atoms with van der Waals surface area (Å²) < 4.78 is 26.0. The second kappa shape index (κ2) is 13.4. The quantitative estimate of drug-likeness (QED) is 0.222. The molecule has 0 aliphatic rings. The second-order valence-corrected chi connectivity index (χ2v) is 9.19. The van der Waals surface area contributed by atoms with E-state index in [1.54, 1.807) is 41.1 Å². The van der Waals surface area contributed by atoms with Crippen LogP contribution in [-0.2, 0) is 4.79 Å². The third-order valence-electron chi connectivity index (χ3n) is 6.41. The van der Waals surface area contributed by atoms with E-state index in [1.165, 1.54) is 31.3 Å². The van der Waals surface area contributed by atoms with E-state index < -0.39 is 5.91 Å². The number of methoxy groups -OCH3 is 2. The normalized spacial score (nSPS) is 10.7. The molecule has 1 N–H and O–H groups in total. The number of nitrogens with one attached hydrogen (secondary N) is 1. The Morgan fingerprint density at radius 1 is 0.925 bits per heavy atom. The fourth-order valence-electron chi connectivity index (χ4n) is 4.38. The maximum Gasteiger partial charge on any atom is 0.261 e. The molecule has 0 unspecified atom stereocenters. The maximum absolute atomic E-state index is 13.7.